The Bertz CT molecular complexity index is 337. The fourth-order valence-electron chi connectivity index (χ4n) is 1.19. The molecule has 0 aliphatic heterocycles. The Labute approximate surface area is 83.1 Å². The van der Waals surface area contributed by atoms with E-state index >= 15 is 0 Å². The molecule has 1 aromatic rings. The molecule has 1 amide bonds. The standard InChI is InChI=1S/C10H14N2O2/c1-3-8-9(14-6-10(11)13)5-4-7(2)12-8/h4-5H,3,6H2,1-2H3,(H2,11,13)/p+1. The summed E-state index contributed by atoms with van der Waals surface area (Å²) in [6, 6.07) is 3.74. The number of pyridine rings is 1. The van der Waals surface area contributed by atoms with Crippen molar-refractivity contribution < 1.29 is 14.5 Å². The SMILES string of the molecule is CCc1[nH+]c(C)ccc1OCC(N)=O. The zero-order valence-electron chi connectivity index (χ0n) is 8.46. The molecule has 1 heterocycles. The number of rotatable bonds is 4. The molecule has 0 atom stereocenters. The first-order chi connectivity index (χ1) is 6.63. The van der Waals surface area contributed by atoms with E-state index in [0.29, 0.717) is 5.75 Å². The zero-order valence-corrected chi connectivity index (χ0v) is 8.46. The third-order valence-electron chi connectivity index (χ3n) is 1.85. The molecule has 0 saturated carbocycles. The summed E-state index contributed by atoms with van der Waals surface area (Å²) in [6.07, 6.45) is 0.829. The van der Waals surface area contributed by atoms with Gasteiger partial charge in [-0.15, -0.1) is 0 Å². The molecule has 0 saturated heterocycles. The topological polar surface area (TPSA) is 66.5 Å². The molecule has 4 nitrogen and oxygen atoms in total. The quantitative estimate of drug-likeness (QED) is 0.747. The molecule has 3 N–H and O–H groups in total. The summed E-state index contributed by atoms with van der Waals surface area (Å²) in [4.78, 5) is 13.7. The number of ether oxygens (including phenoxy) is 1. The molecule has 0 spiro atoms. The van der Waals surface area contributed by atoms with Crippen LogP contribution < -0.4 is 15.5 Å². The van der Waals surface area contributed by atoms with E-state index in [2.05, 4.69) is 4.98 Å². The molecule has 0 unspecified atom stereocenters. The number of hydrogen-bond donors (Lipinski definition) is 1. The predicted molar refractivity (Wildman–Crippen MR) is 51.8 cm³/mol. The second-order valence-electron chi connectivity index (χ2n) is 3.09. The number of aryl methyl sites for hydroxylation is 2. The van der Waals surface area contributed by atoms with Crippen molar-refractivity contribution in [2.75, 3.05) is 6.61 Å². The van der Waals surface area contributed by atoms with Crippen molar-refractivity contribution in [1.82, 2.24) is 0 Å². The second-order valence-corrected chi connectivity index (χ2v) is 3.09. The molecule has 0 bridgehead atoms. The van der Waals surface area contributed by atoms with Gasteiger partial charge in [0.25, 0.3) is 5.91 Å². The van der Waals surface area contributed by atoms with Crippen molar-refractivity contribution in [2.24, 2.45) is 5.73 Å². The lowest BCUT2D eigenvalue weighted by Gasteiger charge is -2.04. The van der Waals surface area contributed by atoms with E-state index in [9.17, 15) is 4.79 Å². The first-order valence-corrected chi connectivity index (χ1v) is 4.56. The number of H-pyrrole nitrogens is 1. The average Bonchev–Trinajstić information content (AvgIpc) is 2.15. The van der Waals surface area contributed by atoms with Crippen LogP contribution in [0.25, 0.3) is 0 Å². The van der Waals surface area contributed by atoms with Crippen LogP contribution in [0, 0.1) is 6.92 Å². The van der Waals surface area contributed by atoms with E-state index in [4.69, 9.17) is 10.5 Å². The number of hydrogen-bond acceptors (Lipinski definition) is 2. The molecule has 0 fully saturated rings. The number of primary amides is 1. The molecule has 1 aromatic heterocycles. The number of amides is 1. The first kappa shape index (κ1) is 10.5. The van der Waals surface area contributed by atoms with Gasteiger partial charge in [-0.25, -0.2) is 4.98 Å². The monoisotopic (exact) mass is 195 g/mol. The number of nitrogens with one attached hydrogen (secondary N) is 1. The summed E-state index contributed by atoms with van der Waals surface area (Å²) in [5.41, 5.74) is 7.03. The van der Waals surface area contributed by atoms with Gasteiger partial charge in [-0.05, 0) is 6.07 Å². The Morgan fingerprint density at radius 3 is 2.86 bits per heavy atom. The molecular formula is C10H15N2O2+. The van der Waals surface area contributed by atoms with Crippen molar-refractivity contribution in [3.05, 3.63) is 23.5 Å². The van der Waals surface area contributed by atoms with Crippen LogP contribution in [0.1, 0.15) is 18.3 Å². The van der Waals surface area contributed by atoms with Crippen LogP contribution in [0.2, 0.25) is 0 Å². The van der Waals surface area contributed by atoms with E-state index < -0.39 is 5.91 Å². The average molecular weight is 195 g/mol. The molecule has 4 heteroatoms. The number of aromatic nitrogens is 1. The van der Waals surface area contributed by atoms with E-state index in [0.717, 1.165) is 17.8 Å². The van der Waals surface area contributed by atoms with Gasteiger partial charge in [-0.1, -0.05) is 6.92 Å². The smallest absolute Gasteiger partial charge is 0.255 e. The van der Waals surface area contributed by atoms with E-state index in [1.54, 1.807) is 0 Å². The van der Waals surface area contributed by atoms with Crippen molar-refractivity contribution >= 4 is 5.91 Å². The zero-order chi connectivity index (χ0) is 10.6. The third-order valence-corrected chi connectivity index (χ3v) is 1.85. The van der Waals surface area contributed by atoms with Gasteiger partial charge in [-0.3, -0.25) is 4.79 Å². The molecule has 1 rings (SSSR count). The highest BCUT2D eigenvalue weighted by Crippen LogP contribution is 2.13. The van der Waals surface area contributed by atoms with Crippen molar-refractivity contribution in [3.63, 3.8) is 0 Å². The largest absolute Gasteiger partial charge is 0.477 e. The minimum atomic E-state index is -0.465. The van der Waals surface area contributed by atoms with Crippen LogP contribution in [0.3, 0.4) is 0 Å². The maximum absolute atomic E-state index is 10.5. The molecule has 0 aliphatic rings. The second kappa shape index (κ2) is 4.60. The fourth-order valence-corrected chi connectivity index (χ4v) is 1.19. The van der Waals surface area contributed by atoms with Crippen molar-refractivity contribution in [2.45, 2.75) is 20.3 Å². The summed E-state index contributed by atoms with van der Waals surface area (Å²) in [6.45, 7) is 3.91. The van der Waals surface area contributed by atoms with Crippen LogP contribution in [0.5, 0.6) is 5.75 Å². The lowest BCUT2D eigenvalue weighted by atomic mass is 10.2. The normalized spacial score (nSPS) is 9.86. The van der Waals surface area contributed by atoms with Gasteiger partial charge in [0.15, 0.2) is 18.1 Å². The Hall–Kier alpha value is -1.58. The Morgan fingerprint density at radius 2 is 2.29 bits per heavy atom. The maximum atomic E-state index is 10.5. The van der Waals surface area contributed by atoms with E-state index in [1.165, 1.54) is 0 Å². The fraction of sp³-hybridized carbons (Fsp3) is 0.400. The van der Waals surface area contributed by atoms with Gasteiger partial charge in [-0.2, -0.15) is 0 Å². The highest BCUT2D eigenvalue weighted by atomic mass is 16.5. The van der Waals surface area contributed by atoms with Gasteiger partial charge in [0, 0.05) is 19.4 Å². The minimum Gasteiger partial charge on any atom is -0.477 e. The molecule has 0 aromatic carbocycles. The Balaban J connectivity index is 2.80. The minimum absolute atomic E-state index is 0.0795. The summed E-state index contributed by atoms with van der Waals surface area (Å²) < 4.78 is 5.24. The predicted octanol–water partition coefficient (Wildman–Crippen LogP) is 0.236. The van der Waals surface area contributed by atoms with Gasteiger partial charge in [0.1, 0.15) is 0 Å². The number of carbonyl (C=O) groups is 1. The van der Waals surface area contributed by atoms with Crippen molar-refractivity contribution in [3.8, 4) is 5.75 Å². The lowest BCUT2D eigenvalue weighted by molar-refractivity contribution is -0.400. The van der Waals surface area contributed by atoms with Crippen LogP contribution >= 0.6 is 0 Å². The molecule has 0 radical (unpaired) electrons. The molecular weight excluding hydrogens is 180 g/mol. The van der Waals surface area contributed by atoms with Crippen LogP contribution in [0.15, 0.2) is 12.1 Å². The third kappa shape index (κ3) is 2.73. The van der Waals surface area contributed by atoms with Gasteiger partial charge in [0.05, 0.1) is 0 Å². The van der Waals surface area contributed by atoms with Crippen LogP contribution in [-0.4, -0.2) is 12.5 Å². The molecule has 76 valence electrons. The number of nitrogens with two attached hydrogens (primary N) is 1. The summed E-state index contributed by atoms with van der Waals surface area (Å²) in [7, 11) is 0. The summed E-state index contributed by atoms with van der Waals surface area (Å²) >= 11 is 0. The molecule has 14 heavy (non-hydrogen) atoms. The highest BCUT2D eigenvalue weighted by Gasteiger charge is 2.10. The molecule has 0 aliphatic carbocycles. The van der Waals surface area contributed by atoms with Crippen LogP contribution in [-0.2, 0) is 11.2 Å². The Morgan fingerprint density at radius 1 is 1.57 bits per heavy atom. The first-order valence-electron chi connectivity index (χ1n) is 4.56. The van der Waals surface area contributed by atoms with E-state index in [1.807, 2.05) is 26.0 Å². The highest BCUT2D eigenvalue weighted by molar-refractivity contribution is 5.75. The van der Waals surface area contributed by atoms with Gasteiger partial charge in [0.2, 0.25) is 5.69 Å². The Kier molecular flexibility index (Phi) is 3.45. The number of aromatic amines is 1. The lowest BCUT2D eigenvalue weighted by Crippen LogP contribution is -2.22. The van der Waals surface area contributed by atoms with Crippen LogP contribution in [0.4, 0.5) is 0 Å². The summed E-state index contributed by atoms with van der Waals surface area (Å²) in [5.74, 6) is 0.226. The van der Waals surface area contributed by atoms with Gasteiger partial charge >= 0.3 is 0 Å². The number of carbonyl (C=O) groups excluding carboxylic acids is 1. The van der Waals surface area contributed by atoms with Gasteiger partial charge < -0.3 is 10.5 Å². The van der Waals surface area contributed by atoms with E-state index in [-0.39, 0.29) is 6.61 Å². The van der Waals surface area contributed by atoms with Crippen molar-refractivity contribution in [1.29, 1.82) is 0 Å². The summed E-state index contributed by atoms with van der Waals surface area (Å²) in [5, 5.41) is 0. The maximum Gasteiger partial charge on any atom is 0.255 e.